The third-order valence-corrected chi connectivity index (χ3v) is 3.18. The third kappa shape index (κ3) is 6.80. The van der Waals surface area contributed by atoms with E-state index in [1.54, 1.807) is 0 Å². The molecular formula is C11H20N6OS. The van der Waals surface area contributed by atoms with Gasteiger partial charge in [-0.2, -0.15) is 15.0 Å². The summed E-state index contributed by atoms with van der Waals surface area (Å²) in [6.45, 7) is 2.86. The Balaban J connectivity index is 2.22. The Kier molecular flexibility index (Phi) is 6.94. The molecular weight excluding hydrogens is 264 g/mol. The number of hydrogen-bond donors (Lipinski definition) is 3. The zero-order valence-electron chi connectivity index (χ0n) is 11.1. The Morgan fingerprint density at radius 2 is 1.84 bits per heavy atom. The molecule has 0 spiro atoms. The number of nitrogen functional groups attached to an aromatic ring is 2. The zero-order valence-corrected chi connectivity index (χ0v) is 11.9. The maximum Gasteiger partial charge on any atom is 0.230 e. The molecule has 5 N–H and O–H groups in total. The summed E-state index contributed by atoms with van der Waals surface area (Å²) in [4.78, 5) is 23.0. The second-order valence-electron chi connectivity index (χ2n) is 4.03. The summed E-state index contributed by atoms with van der Waals surface area (Å²) in [5, 5.41) is 3.21. The number of thioether (sulfide) groups is 1. The maximum absolute atomic E-state index is 11.6. The van der Waals surface area contributed by atoms with E-state index in [2.05, 4.69) is 27.2 Å². The Morgan fingerprint density at radius 1 is 1.16 bits per heavy atom. The zero-order chi connectivity index (χ0) is 14.1. The van der Waals surface area contributed by atoms with Crippen LogP contribution in [0.3, 0.4) is 0 Å². The van der Waals surface area contributed by atoms with Gasteiger partial charge in [0.05, 0.1) is 5.75 Å². The fourth-order valence-corrected chi connectivity index (χ4v) is 2.09. The normalized spacial score (nSPS) is 10.4. The van der Waals surface area contributed by atoms with Crippen molar-refractivity contribution in [3.8, 4) is 0 Å². The van der Waals surface area contributed by atoms with Crippen molar-refractivity contribution in [1.29, 1.82) is 0 Å². The summed E-state index contributed by atoms with van der Waals surface area (Å²) in [5.74, 6) is 0.334. The summed E-state index contributed by atoms with van der Waals surface area (Å²) >= 11 is 1.19. The Labute approximate surface area is 117 Å². The maximum atomic E-state index is 11.6. The van der Waals surface area contributed by atoms with E-state index in [0.29, 0.717) is 11.7 Å². The highest BCUT2D eigenvalue weighted by Crippen LogP contribution is 2.13. The van der Waals surface area contributed by atoms with E-state index in [1.165, 1.54) is 24.6 Å². The minimum atomic E-state index is -0.0425. The van der Waals surface area contributed by atoms with Gasteiger partial charge in [0.15, 0.2) is 5.16 Å². The van der Waals surface area contributed by atoms with Gasteiger partial charge in [0.2, 0.25) is 17.8 Å². The second-order valence-corrected chi connectivity index (χ2v) is 4.98. The van der Waals surface area contributed by atoms with Gasteiger partial charge in [-0.25, -0.2) is 0 Å². The van der Waals surface area contributed by atoms with E-state index in [-0.39, 0.29) is 23.6 Å². The van der Waals surface area contributed by atoms with Crippen LogP contribution in [-0.4, -0.2) is 33.2 Å². The Morgan fingerprint density at radius 3 is 2.47 bits per heavy atom. The van der Waals surface area contributed by atoms with Gasteiger partial charge in [-0.1, -0.05) is 37.9 Å². The van der Waals surface area contributed by atoms with Crippen LogP contribution >= 0.6 is 11.8 Å². The number of unbranched alkanes of at least 4 members (excludes halogenated alkanes) is 3. The second kappa shape index (κ2) is 8.52. The molecule has 0 atom stereocenters. The molecule has 0 aliphatic carbocycles. The topological polar surface area (TPSA) is 120 Å². The molecule has 0 radical (unpaired) electrons. The summed E-state index contributed by atoms with van der Waals surface area (Å²) < 4.78 is 0. The van der Waals surface area contributed by atoms with Crippen molar-refractivity contribution in [3.63, 3.8) is 0 Å². The number of anilines is 2. The standard InChI is InChI=1S/C11H20N6OS/c1-2-3-4-5-6-14-8(18)7-19-11-16-9(12)15-10(13)17-11/h2-7H2,1H3,(H,14,18)(H4,12,13,15,16,17). The van der Waals surface area contributed by atoms with Crippen LogP contribution in [-0.2, 0) is 4.79 Å². The third-order valence-electron chi connectivity index (χ3n) is 2.33. The molecule has 1 rings (SSSR count). The number of carbonyl (C=O) groups is 1. The van der Waals surface area contributed by atoms with E-state index in [4.69, 9.17) is 11.5 Å². The number of nitrogens with one attached hydrogen (secondary N) is 1. The van der Waals surface area contributed by atoms with E-state index in [0.717, 1.165) is 12.8 Å². The molecule has 0 unspecified atom stereocenters. The minimum Gasteiger partial charge on any atom is -0.368 e. The van der Waals surface area contributed by atoms with Gasteiger partial charge in [0.25, 0.3) is 0 Å². The van der Waals surface area contributed by atoms with Gasteiger partial charge in [0, 0.05) is 6.54 Å². The first-order valence-electron chi connectivity index (χ1n) is 6.28. The highest BCUT2D eigenvalue weighted by Gasteiger charge is 2.06. The van der Waals surface area contributed by atoms with Gasteiger partial charge in [0.1, 0.15) is 0 Å². The predicted molar refractivity (Wildman–Crippen MR) is 76.5 cm³/mol. The van der Waals surface area contributed by atoms with Gasteiger partial charge in [-0.3, -0.25) is 4.79 Å². The predicted octanol–water partition coefficient (Wildman–Crippen LogP) is 0.825. The fraction of sp³-hybridized carbons (Fsp3) is 0.636. The van der Waals surface area contributed by atoms with Crippen molar-refractivity contribution in [2.24, 2.45) is 0 Å². The molecule has 0 saturated heterocycles. The van der Waals surface area contributed by atoms with Crippen LogP contribution in [0.25, 0.3) is 0 Å². The molecule has 19 heavy (non-hydrogen) atoms. The van der Waals surface area contributed by atoms with E-state index >= 15 is 0 Å². The molecule has 8 heteroatoms. The van der Waals surface area contributed by atoms with Crippen LogP contribution in [0.5, 0.6) is 0 Å². The molecule has 1 heterocycles. The summed E-state index contributed by atoms with van der Waals surface area (Å²) in [7, 11) is 0. The molecule has 0 aliphatic rings. The lowest BCUT2D eigenvalue weighted by molar-refractivity contribution is -0.118. The van der Waals surface area contributed by atoms with Gasteiger partial charge < -0.3 is 16.8 Å². The highest BCUT2D eigenvalue weighted by atomic mass is 32.2. The molecule has 0 bridgehead atoms. The van der Waals surface area contributed by atoms with Crippen LogP contribution in [0.4, 0.5) is 11.9 Å². The number of carbonyl (C=O) groups excluding carboxylic acids is 1. The smallest absolute Gasteiger partial charge is 0.230 e. The number of hydrogen-bond acceptors (Lipinski definition) is 7. The molecule has 1 amide bonds. The molecule has 1 aromatic rings. The van der Waals surface area contributed by atoms with Gasteiger partial charge in [-0.15, -0.1) is 0 Å². The van der Waals surface area contributed by atoms with Crippen molar-refractivity contribution < 1.29 is 4.79 Å². The lowest BCUT2D eigenvalue weighted by Gasteiger charge is -2.04. The molecule has 0 saturated carbocycles. The average Bonchev–Trinajstić information content (AvgIpc) is 2.35. The molecule has 0 aromatic carbocycles. The van der Waals surface area contributed by atoms with Crippen LogP contribution < -0.4 is 16.8 Å². The largest absolute Gasteiger partial charge is 0.368 e. The van der Waals surface area contributed by atoms with E-state index in [9.17, 15) is 4.79 Å². The molecule has 106 valence electrons. The first-order chi connectivity index (χ1) is 9.11. The Hall–Kier alpha value is -1.57. The number of amides is 1. The SMILES string of the molecule is CCCCCCNC(=O)CSc1nc(N)nc(N)n1. The van der Waals surface area contributed by atoms with Crippen LogP contribution in [0, 0.1) is 0 Å². The quantitative estimate of drug-likeness (QED) is 0.477. The number of nitrogens with zero attached hydrogens (tertiary/aromatic N) is 3. The van der Waals surface area contributed by atoms with Crippen LogP contribution in [0.1, 0.15) is 32.6 Å². The lowest BCUT2D eigenvalue weighted by atomic mass is 10.2. The number of aromatic nitrogens is 3. The molecule has 0 fully saturated rings. The molecule has 1 aromatic heterocycles. The van der Waals surface area contributed by atoms with Crippen molar-refractivity contribution >= 4 is 29.6 Å². The van der Waals surface area contributed by atoms with Crippen molar-refractivity contribution in [1.82, 2.24) is 20.3 Å². The van der Waals surface area contributed by atoms with Gasteiger partial charge >= 0.3 is 0 Å². The summed E-state index contributed by atoms with van der Waals surface area (Å²) in [5.41, 5.74) is 10.9. The lowest BCUT2D eigenvalue weighted by Crippen LogP contribution is -2.26. The summed E-state index contributed by atoms with van der Waals surface area (Å²) in [6.07, 6.45) is 4.54. The Bertz CT molecular complexity index is 394. The monoisotopic (exact) mass is 284 g/mol. The summed E-state index contributed by atoms with van der Waals surface area (Å²) in [6, 6.07) is 0. The molecule has 0 aliphatic heterocycles. The van der Waals surface area contributed by atoms with Crippen molar-refractivity contribution in [3.05, 3.63) is 0 Å². The van der Waals surface area contributed by atoms with E-state index in [1.807, 2.05) is 0 Å². The number of nitrogens with two attached hydrogens (primary N) is 2. The van der Waals surface area contributed by atoms with Crippen LogP contribution in [0.2, 0.25) is 0 Å². The van der Waals surface area contributed by atoms with Crippen molar-refractivity contribution in [2.75, 3.05) is 23.8 Å². The first kappa shape index (κ1) is 15.5. The van der Waals surface area contributed by atoms with E-state index < -0.39 is 0 Å². The minimum absolute atomic E-state index is 0.0425. The first-order valence-corrected chi connectivity index (χ1v) is 7.27. The highest BCUT2D eigenvalue weighted by molar-refractivity contribution is 7.99. The fourth-order valence-electron chi connectivity index (χ4n) is 1.41. The number of rotatable bonds is 8. The van der Waals surface area contributed by atoms with Gasteiger partial charge in [-0.05, 0) is 6.42 Å². The average molecular weight is 284 g/mol. The van der Waals surface area contributed by atoms with Crippen LogP contribution in [0.15, 0.2) is 5.16 Å². The molecule has 7 nitrogen and oxygen atoms in total. The van der Waals surface area contributed by atoms with Crippen molar-refractivity contribution in [2.45, 2.75) is 37.8 Å².